The van der Waals surface area contributed by atoms with Gasteiger partial charge in [-0.05, 0) is 35.0 Å². The highest BCUT2D eigenvalue weighted by molar-refractivity contribution is 5.80. The number of benzene rings is 2. The summed E-state index contributed by atoms with van der Waals surface area (Å²) < 4.78 is 42.8. The highest BCUT2D eigenvalue weighted by atomic mass is 19.4. The number of aromatic nitrogens is 2. The van der Waals surface area contributed by atoms with Gasteiger partial charge in [0.1, 0.15) is 0 Å². The molecule has 1 aromatic heterocycles. The van der Waals surface area contributed by atoms with Gasteiger partial charge in [0.25, 0.3) is 11.8 Å². The molecule has 25 heavy (non-hydrogen) atoms. The van der Waals surface area contributed by atoms with Crippen LogP contribution in [-0.4, -0.2) is 23.4 Å². The Morgan fingerprint density at radius 2 is 1.72 bits per heavy atom. The smallest absolute Gasteiger partial charge is 0.332 e. The largest absolute Gasteiger partial charge is 0.416 e. The van der Waals surface area contributed by atoms with Crippen molar-refractivity contribution in [1.82, 2.24) is 10.1 Å². The summed E-state index contributed by atoms with van der Waals surface area (Å²) in [5.41, 5.74) is 0.594. The van der Waals surface area contributed by atoms with Crippen LogP contribution in [0.5, 0.6) is 0 Å². The third-order valence-electron chi connectivity index (χ3n) is 3.34. The molecule has 0 fully saturated rings. The van der Waals surface area contributed by atoms with Crippen molar-refractivity contribution in [1.29, 1.82) is 0 Å². The SMILES string of the molecule is CN(/N=C/c1ccc(C(F)(F)F)cc1)c1noc(-c2ccccc2)n1. The fraction of sp³-hybridized carbons (Fsp3) is 0.118. The van der Waals surface area contributed by atoms with E-state index in [2.05, 4.69) is 15.2 Å². The van der Waals surface area contributed by atoms with Crippen LogP contribution in [-0.2, 0) is 6.18 Å². The third kappa shape index (κ3) is 4.03. The first-order valence-corrected chi connectivity index (χ1v) is 7.27. The summed E-state index contributed by atoms with van der Waals surface area (Å²) in [5, 5.41) is 9.30. The third-order valence-corrected chi connectivity index (χ3v) is 3.34. The van der Waals surface area contributed by atoms with Crippen LogP contribution in [0.2, 0.25) is 0 Å². The summed E-state index contributed by atoms with van der Waals surface area (Å²) in [5.74, 6) is 0.592. The van der Waals surface area contributed by atoms with Crippen LogP contribution in [0.1, 0.15) is 11.1 Å². The van der Waals surface area contributed by atoms with Gasteiger partial charge in [0.05, 0.1) is 11.8 Å². The molecule has 0 unspecified atom stereocenters. The average Bonchev–Trinajstić information content (AvgIpc) is 3.10. The lowest BCUT2D eigenvalue weighted by molar-refractivity contribution is -0.137. The Hall–Kier alpha value is -3.16. The van der Waals surface area contributed by atoms with Gasteiger partial charge in [0.15, 0.2) is 0 Å². The van der Waals surface area contributed by atoms with Crippen LogP contribution in [0.3, 0.4) is 0 Å². The molecule has 0 spiro atoms. The van der Waals surface area contributed by atoms with Crippen molar-refractivity contribution < 1.29 is 17.7 Å². The second-order valence-corrected chi connectivity index (χ2v) is 5.15. The minimum Gasteiger partial charge on any atom is -0.332 e. The van der Waals surface area contributed by atoms with Crippen molar-refractivity contribution >= 4 is 12.2 Å². The zero-order valence-corrected chi connectivity index (χ0v) is 13.1. The number of anilines is 1. The van der Waals surface area contributed by atoms with Gasteiger partial charge in [-0.2, -0.15) is 23.3 Å². The molecule has 2 aromatic carbocycles. The molecule has 3 rings (SSSR count). The summed E-state index contributed by atoms with van der Waals surface area (Å²) in [6, 6.07) is 13.9. The maximum Gasteiger partial charge on any atom is 0.416 e. The van der Waals surface area contributed by atoms with E-state index in [0.717, 1.165) is 17.7 Å². The van der Waals surface area contributed by atoms with Crippen molar-refractivity contribution in [3.05, 3.63) is 65.7 Å². The number of hydrogen-bond acceptors (Lipinski definition) is 5. The molecule has 0 atom stereocenters. The van der Waals surface area contributed by atoms with Gasteiger partial charge in [0.2, 0.25) is 0 Å². The number of alkyl halides is 3. The summed E-state index contributed by atoms with van der Waals surface area (Å²) in [6.07, 6.45) is -2.94. The molecular formula is C17H13F3N4O. The fourth-order valence-electron chi connectivity index (χ4n) is 2.01. The molecule has 0 N–H and O–H groups in total. The predicted molar refractivity (Wildman–Crippen MR) is 87.2 cm³/mol. The lowest BCUT2D eigenvalue weighted by Crippen LogP contribution is -2.10. The van der Waals surface area contributed by atoms with Crippen LogP contribution in [0.25, 0.3) is 11.5 Å². The number of nitrogens with zero attached hydrogens (tertiary/aromatic N) is 4. The Morgan fingerprint density at radius 1 is 1.04 bits per heavy atom. The van der Waals surface area contributed by atoms with E-state index in [0.29, 0.717) is 11.5 Å². The second-order valence-electron chi connectivity index (χ2n) is 5.15. The Labute approximate surface area is 141 Å². The van der Waals surface area contributed by atoms with Crippen molar-refractivity contribution in [2.24, 2.45) is 5.10 Å². The van der Waals surface area contributed by atoms with Crippen LogP contribution in [0.15, 0.2) is 64.2 Å². The van der Waals surface area contributed by atoms with Gasteiger partial charge in [0, 0.05) is 12.6 Å². The van der Waals surface area contributed by atoms with E-state index in [9.17, 15) is 13.2 Å². The highest BCUT2D eigenvalue weighted by Crippen LogP contribution is 2.28. The van der Waals surface area contributed by atoms with Gasteiger partial charge in [-0.25, -0.2) is 5.01 Å². The average molecular weight is 346 g/mol. The van der Waals surface area contributed by atoms with Crippen LogP contribution in [0.4, 0.5) is 19.1 Å². The Balaban J connectivity index is 1.71. The lowest BCUT2D eigenvalue weighted by Gasteiger charge is -2.07. The van der Waals surface area contributed by atoms with E-state index >= 15 is 0 Å². The molecule has 8 heteroatoms. The molecule has 5 nitrogen and oxygen atoms in total. The van der Waals surface area contributed by atoms with Gasteiger partial charge in [-0.3, -0.25) is 0 Å². The Morgan fingerprint density at radius 3 is 2.36 bits per heavy atom. The van der Waals surface area contributed by atoms with Crippen molar-refractivity contribution in [2.75, 3.05) is 12.1 Å². The summed E-state index contributed by atoms with van der Waals surface area (Å²) in [4.78, 5) is 4.22. The quantitative estimate of drug-likeness (QED) is 0.524. The first kappa shape index (κ1) is 16.7. The molecule has 0 saturated heterocycles. The van der Waals surface area contributed by atoms with Crippen molar-refractivity contribution in [2.45, 2.75) is 6.18 Å². The van der Waals surface area contributed by atoms with E-state index in [1.807, 2.05) is 30.3 Å². The monoisotopic (exact) mass is 346 g/mol. The Bertz CT molecular complexity index is 858. The van der Waals surface area contributed by atoms with Crippen molar-refractivity contribution in [3.63, 3.8) is 0 Å². The first-order valence-electron chi connectivity index (χ1n) is 7.27. The highest BCUT2D eigenvalue weighted by Gasteiger charge is 2.29. The molecule has 128 valence electrons. The van der Waals surface area contributed by atoms with Gasteiger partial charge in [-0.1, -0.05) is 30.3 Å². The van der Waals surface area contributed by atoms with Gasteiger partial charge >= 0.3 is 6.18 Å². The van der Waals surface area contributed by atoms with Crippen LogP contribution >= 0.6 is 0 Å². The predicted octanol–water partition coefficient (Wildman–Crippen LogP) is 4.23. The molecule has 0 bridgehead atoms. The summed E-state index contributed by atoms with van der Waals surface area (Å²) >= 11 is 0. The topological polar surface area (TPSA) is 54.5 Å². The molecule has 1 heterocycles. The molecule has 0 aliphatic carbocycles. The van der Waals surface area contributed by atoms with E-state index in [-0.39, 0.29) is 5.95 Å². The van der Waals surface area contributed by atoms with E-state index in [4.69, 9.17) is 4.52 Å². The lowest BCUT2D eigenvalue weighted by atomic mass is 10.1. The minimum absolute atomic E-state index is 0.238. The molecule has 0 aliphatic heterocycles. The molecule has 0 saturated carbocycles. The van der Waals surface area contributed by atoms with E-state index in [1.165, 1.54) is 23.4 Å². The minimum atomic E-state index is -4.36. The van der Waals surface area contributed by atoms with E-state index < -0.39 is 11.7 Å². The summed E-state index contributed by atoms with van der Waals surface area (Å²) in [7, 11) is 1.61. The number of rotatable bonds is 4. The molecule has 0 amide bonds. The number of hydrogen-bond donors (Lipinski definition) is 0. The number of hydrazone groups is 1. The zero-order valence-electron chi connectivity index (χ0n) is 13.1. The fourth-order valence-corrected chi connectivity index (χ4v) is 2.01. The standard InChI is InChI=1S/C17H13F3N4O/c1-24(16-22-15(25-23-16)13-5-3-2-4-6-13)21-11-12-7-9-14(10-8-12)17(18,19)20/h2-11H,1H3/b21-11+. The van der Waals surface area contributed by atoms with Crippen molar-refractivity contribution in [3.8, 4) is 11.5 Å². The molecular weight excluding hydrogens is 333 g/mol. The Kier molecular flexibility index (Phi) is 4.51. The van der Waals surface area contributed by atoms with Gasteiger partial charge in [-0.15, -0.1) is 0 Å². The van der Waals surface area contributed by atoms with Crippen LogP contribution in [0, 0.1) is 0 Å². The second kappa shape index (κ2) is 6.76. The van der Waals surface area contributed by atoms with Gasteiger partial charge < -0.3 is 4.52 Å². The first-order chi connectivity index (χ1) is 11.9. The van der Waals surface area contributed by atoms with Crippen LogP contribution < -0.4 is 5.01 Å². The molecule has 3 aromatic rings. The molecule has 0 aliphatic rings. The number of halogens is 3. The maximum absolute atomic E-state index is 12.5. The summed E-state index contributed by atoms with van der Waals surface area (Å²) in [6.45, 7) is 0. The zero-order chi connectivity index (χ0) is 17.9. The maximum atomic E-state index is 12.5. The molecule has 0 radical (unpaired) electrons. The normalized spacial score (nSPS) is 11.8. The van der Waals surface area contributed by atoms with E-state index in [1.54, 1.807) is 7.05 Å².